The number of carboxylic acids is 1. The van der Waals surface area contributed by atoms with Gasteiger partial charge in [-0.25, -0.2) is 4.79 Å². The number of benzene rings is 3. The number of halogens is 1. The number of rotatable bonds is 5. The van der Waals surface area contributed by atoms with Gasteiger partial charge in [0.2, 0.25) is 0 Å². The maximum Gasteiger partial charge on any atom is 0.336 e. The minimum absolute atomic E-state index is 0.129. The molecule has 0 spiro atoms. The molecule has 4 heteroatoms. The Balaban J connectivity index is 1.88. The minimum atomic E-state index is -0.885. The van der Waals surface area contributed by atoms with Gasteiger partial charge in [-0.05, 0) is 79.3 Å². The molecule has 2 N–H and O–H groups in total. The van der Waals surface area contributed by atoms with Gasteiger partial charge in [-0.15, -0.1) is 0 Å². The number of aryl methyl sites for hydroxylation is 3. The third-order valence-electron chi connectivity index (χ3n) is 5.01. The van der Waals surface area contributed by atoms with Crippen LogP contribution in [-0.4, -0.2) is 11.1 Å². The first kappa shape index (κ1) is 20.0. The first-order valence-electron chi connectivity index (χ1n) is 9.24. The summed E-state index contributed by atoms with van der Waals surface area (Å²) >= 11 is 6.13. The van der Waals surface area contributed by atoms with Crippen molar-refractivity contribution in [3.8, 4) is 11.1 Å². The fourth-order valence-electron chi connectivity index (χ4n) is 3.53. The highest BCUT2D eigenvalue weighted by Gasteiger charge is 2.13. The van der Waals surface area contributed by atoms with Gasteiger partial charge in [0, 0.05) is 16.8 Å². The van der Waals surface area contributed by atoms with Crippen LogP contribution in [0.15, 0.2) is 54.6 Å². The van der Waals surface area contributed by atoms with Gasteiger partial charge in [0.25, 0.3) is 0 Å². The highest BCUT2D eigenvalue weighted by atomic mass is 35.5. The van der Waals surface area contributed by atoms with Gasteiger partial charge in [-0.1, -0.05) is 48.0 Å². The fourth-order valence-corrected chi connectivity index (χ4v) is 3.64. The molecule has 3 aromatic rings. The van der Waals surface area contributed by atoms with Crippen molar-refractivity contribution in [2.24, 2.45) is 0 Å². The lowest BCUT2D eigenvalue weighted by Crippen LogP contribution is -2.07. The van der Waals surface area contributed by atoms with Crippen molar-refractivity contribution in [2.75, 3.05) is 5.32 Å². The summed E-state index contributed by atoms with van der Waals surface area (Å²) in [4.78, 5) is 11.4. The van der Waals surface area contributed by atoms with Crippen LogP contribution in [0.1, 0.15) is 45.6 Å². The minimum Gasteiger partial charge on any atom is -0.478 e. The predicted molar refractivity (Wildman–Crippen MR) is 117 cm³/mol. The van der Waals surface area contributed by atoms with E-state index in [1.807, 2.05) is 63.2 Å². The number of anilines is 1. The molecule has 0 heterocycles. The number of aromatic carboxylic acids is 1. The van der Waals surface area contributed by atoms with Crippen LogP contribution in [0.2, 0.25) is 5.02 Å². The summed E-state index contributed by atoms with van der Waals surface area (Å²) in [6.07, 6.45) is 0. The van der Waals surface area contributed by atoms with Crippen molar-refractivity contribution < 1.29 is 9.90 Å². The van der Waals surface area contributed by atoms with E-state index in [1.54, 1.807) is 0 Å². The summed E-state index contributed by atoms with van der Waals surface area (Å²) in [7, 11) is 0. The summed E-state index contributed by atoms with van der Waals surface area (Å²) in [5.74, 6) is -0.885. The molecule has 3 rings (SSSR count). The zero-order valence-corrected chi connectivity index (χ0v) is 17.3. The molecule has 0 amide bonds. The highest BCUT2D eigenvalue weighted by molar-refractivity contribution is 6.31. The Kier molecular flexibility index (Phi) is 5.76. The van der Waals surface area contributed by atoms with Crippen LogP contribution in [-0.2, 0) is 0 Å². The lowest BCUT2D eigenvalue weighted by Gasteiger charge is -2.18. The van der Waals surface area contributed by atoms with Crippen LogP contribution >= 0.6 is 11.6 Å². The monoisotopic (exact) mass is 393 g/mol. The number of nitrogens with one attached hydrogen (secondary N) is 1. The van der Waals surface area contributed by atoms with Crippen molar-refractivity contribution in [3.63, 3.8) is 0 Å². The molecular weight excluding hydrogens is 370 g/mol. The summed E-state index contributed by atoms with van der Waals surface area (Å²) in [5, 5.41) is 13.7. The first-order chi connectivity index (χ1) is 13.3. The molecule has 0 saturated heterocycles. The van der Waals surface area contributed by atoms with Crippen LogP contribution in [0.4, 0.5) is 5.69 Å². The van der Waals surface area contributed by atoms with Gasteiger partial charge in [0.1, 0.15) is 0 Å². The van der Waals surface area contributed by atoms with E-state index in [2.05, 4.69) is 24.4 Å². The second-order valence-corrected chi connectivity index (χ2v) is 7.65. The molecule has 1 unspecified atom stereocenters. The van der Waals surface area contributed by atoms with Crippen LogP contribution in [0.25, 0.3) is 11.1 Å². The maximum absolute atomic E-state index is 11.4. The average molecular weight is 394 g/mol. The Morgan fingerprint density at radius 2 is 1.61 bits per heavy atom. The number of carbonyl (C=O) groups is 1. The SMILES string of the molecule is Cc1cc(C(C)Nc2cccc(-c3cc(C)c(C(=O)O)c(C)c3)c2)ccc1Cl. The van der Waals surface area contributed by atoms with E-state index in [1.165, 1.54) is 5.56 Å². The smallest absolute Gasteiger partial charge is 0.336 e. The summed E-state index contributed by atoms with van der Waals surface area (Å²) in [6, 6.07) is 18.2. The predicted octanol–water partition coefficient (Wildman–Crippen LogP) is 6.80. The Morgan fingerprint density at radius 1 is 0.929 bits per heavy atom. The average Bonchev–Trinajstić information content (AvgIpc) is 2.63. The van der Waals surface area contributed by atoms with Gasteiger partial charge in [0.15, 0.2) is 0 Å². The van der Waals surface area contributed by atoms with E-state index in [0.29, 0.717) is 5.56 Å². The van der Waals surface area contributed by atoms with E-state index in [4.69, 9.17) is 11.6 Å². The first-order valence-corrected chi connectivity index (χ1v) is 9.61. The van der Waals surface area contributed by atoms with Crippen LogP contribution in [0.3, 0.4) is 0 Å². The van der Waals surface area contributed by atoms with E-state index in [9.17, 15) is 9.90 Å². The zero-order valence-electron chi connectivity index (χ0n) is 16.5. The molecule has 0 aliphatic carbocycles. The van der Waals surface area contributed by atoms with Crippen molar-refractivity contribution in [1.29, 1.82) is 0 Å². The summed E-state index contributed by atoms with van der Waals surface area (Å²) < 4.78 is 0. The lowest BCUT2D eigenvalue weighted by molar-refractivity contribution is 0.0695. The Labute approximate surface area is 171 Å². The topological polar surface area (TPSA) is 49.3 Å². The van der Waals surface area contributed by atoms with Gasteiger partial charge in [-0.3, -0.25) is 0 Å². The van der Waals surface area contributed by atoms with Crippen molar-refractivity contribution in [2.45, 2.75) is 33.7 Å². The zero-order chi connectivity index (χ0) is 20.4. The van der Waals surface area contributed by atoms with Crippen LogP contribution in [0, 0.1) is 20.8 Å². The van der Waals surface area contributed by atoms with Gasteiger partial charge >= 0.3 is 5.97 Å². The number of hydrogen-bond donors (Lipinski definition) is 2. The lowest BCUT2D eigenvalue weighted by atomic mass is 9.95. The van der Waals surface area contributed by atoms with Crippen molar-refractivity contribution >= 4 is 23.3 Å². The molecule has 1 atom stereocenters. The van der Waals surface area contributed by atoms with Crippen molar-refractivity contribution in [3.05, 3.63) is 87.4 Å². The molecule has 0 aliphatic heterocycles. The Bertz CT molecular complexity index is 1020. The molecule has 3 nitrogen and oxygen atoms in total. The van der Waals surface area contributed by atoms with Crippen molar-refractivity contribution in [1.82, 2.24) is 0 Å². The molecule has 3 aromatic carbocycles. The molecule has 0 bridgehead atoms. The van der Waals surface area contributed by atoms with Gasteiger partial charge in [0.05, 0.1) is 5.56 Å². The molecular formula is C24H24ClNO2. The summed E-state index contributed by atoms with van der Waals surface area (Å²) in [6.45, 7) is 7.80. The molecule has 144 valence electrons. The van der Waals surface area contributed by atoms with Crippen LogP contribution < -0.4 is 5.32 Å². The Morgan fingerprint density at radius 3 is 2.21 bits per heavy atom. The largest absolute Gasteiger partial charge is 0.478 e. The molecule has 0 aromatic heterocycles. The molecule has 0 fully saturated rings. The third kappa shape index (κ3) is 4.20. The molecule has 0 radical (unpaired) electrons. The van der Waals surface area contributed by atoms with Crippen LogP contribution in [0.5, 0.6) is 0 Å². The van der Waals surface area contributed by atoms with E-state index < -0.39 is 5.97 Å². The van der Waals surface area contributed by atoms with E-state index in [0.717, 1.165) is 38.5 Å². The molecule has 0 saturated carbocycles. The summed E-state index contributed by atoms with van der Waals surface area (Å²) in [5.41, 5.74) is 7.22. The second-order valence-electron chi connectivity index (χ2n) is 7.25. The Hall–Kier alpha value is -2.78. The fraction of sp³-hybridized carbons (Fsp3) is 0.208. The number of carboxylic acid groups (broad SMARTS) is 1. The van der Waals surface area contributed by atoms with Gasteiger partial charge in [-0.2, -0.15) is 0 Å². The maximum atomic E-state index is 11.4. The van der Waals surface area contributed by atoms with E-state index >= 15 is 0 Å². The molecule has 0 aliphatic rings. The quantitative estimate of drug-likeness (QED) is 0.500. The molecule has 28 heavy (non-hydrogen) atoms. The van der Waals surface area contributed by atoms with Gasteiger partial charge < -0.3 is 10.4 Å². The number of hydrogen-bond acceptors (Lipinski definition) is 2. The van der Waals surface area contributed by atoms with E-state index in [-0.39, 0.29) is 6.04 Å². The second kappa shape index (κ2) is 8.07. The highest BCUT2D eigenvalue weighted by Crippen LogP contribution is 2.29. The normalized spacial score (nSPS) is 11.9. The third-order valence-corrected chi connectivity index (χ3v) is 5.43. The standard InChI is InChI=1S/C24H24ClNO2/c1-14-10-18(8-9-22(14)25)17(4)26-21-7-5-6-19(13-21)20-11-15(2)23(24(27)28)16(3)12-20/h5-13,17,26H,1-4H3,(H,27,28).